The number of hydrogen-bond donors (Lipinski definition) is 1. The Kier molecular flexibility index (Phi) is 5.82. The quantitative estimate of drug-likeness (QED) is 0.759. The van der Waals surface area contributed by atoms with Crippen LogP contribution in [-0.2, 0) is 11.2 Å². The number of nitrogens with zero attached hydrogens (tertiary/aromatic N) is 2. The molecule has 1 aliphatic rings. The molecule has 4 heteroatoms. The number of methoxy groups -OCH3 is 1. The van der Waals surface area contributed by atoms with Crippen molar-refractivity contribution in [3.63, 3.8) is 0 Å². The van der Waals surface area contributed by atoms with Gasteiger partial charge in [0.05, 0.1) is 11.3 Å². The van der Waals surface area contributed by atoms with Crippen LogP contribution in [0.5, 0.6) is 0 Å². The van der Waals surface area contributed by atoms with Crippen LogP contribution in [0.3, 0.4) is 0 Å². The van der Waals surface area contributed by atoms with Gasteiger partial charge < -0.3 is 10.1 Å². The van der Waals surface area contributed by atoms with E-state index in [0.29, 0.717) is 12.1 Å². The zero-order valence-corrected chi connectivity index (χ0v) is 14.1. The Morgan fingerprint density at radius 1 is 1.43 bits per heavy atom. The molecule has 0 bridgehead atoms. The van der Waals surface area contributed by atoms with E-state index in [1.807, 2.05) is 7.11 Å². The second kappa shape index (κ2) is 7.41. The second-order valence-corrected chi connectivity index (χ2v) is 6.45. The molecule has 0 aliphatic heterocycles. The van der Waals surface area contributed by atoms with Gasteiger partial charge in [0, 0.05) is 31.8 Å². The highest BCUT2D eigenvalue weighted by Gasteiger charge is 2.38. The molecule has 120 valence electrons. The van der Waals surface area contributed by atoms with Crippen molar-refractivity contribution in [1.29, 1.82) is 0 Å². The van der Waals surface area contributed by atoms with E-state index in [0.717, 1.165) is 25.8 Å². The minimum absolute atomic E-state index is 0.117. The number of likely N-dealkylation sites (N-methyl/N-ethyl adjacent to an activating group) is 1. The molecule has 1 aliphatic carbocycles. The lowest BCUT2D eigenvalue weighted by Gasteiger charge is -2.43. The van der Waals surface area contributed by atoms with Gasteiger partial charge in [0.25, 0.3) is 0 Å². The molecule has 0 saturated heterocycles. The van der Waals surface area contributed by atoms with Crippen LogP contribution in [0.1, 0.15) is 64.6 Å². The van der Waals surface area contributed by atoms with Crippen molar-refractivity contribution in [1.82, 2.24) is 15.1 Å². The van der Waals surface area contributed by atoms with Gasteiger partial charge in [-0.25, -0.2) is 0 Å². The van der Waals surface area contributed by atoms with Crippen LogP contribution in [0.25, 0.3) is 0 Å². The smallest absolute Gasteiger partial charge is 0.0693 e. The van der Waals surface area contributed by atoms with E-state index >= 15 is 0 Å². The number of aromatic nitrogens is 2. The van der Waals surface area contributed by atoms with E-state index in [1.54, 1.807) is 0 Å². The molecular formula is C17H31N3O. The van der Waals surface area contributed by atoms with Gasteiger partial charge in [-0.05, 0) is 51.6 Å². The molecule has 0 spiro atoms. The Balaban J connectivity index is 1.97. The molecule has 0 aromatic carbocycles. The summed E-state index contributed by atoms with van der Waals surface area (Å²) < 4.78 is 7.87. The van der Waals surface area contributed by atoms with Crippen LogP contribution in [-0.4, -0.2) is 35.1 Å². The van der Waals surface area contributed by atoms with Crippen molar-refractivity contribution in [2.45, 2.75) is 77.0 Å². The predicted octanol–water partition coefficient (Wildman–Crippen LogP) is 3.33. The lowest BCUT2D eigenvalue weighted by molar-refractivity contribution is -0.0833. The van der Waals surface area contributed by atoms with Gasteiger partial charge in [-0.1, -0.05) is 13.8 Å². The van der Waals surface area contributed by atoms with E-state index in [4.69, 9.17) is 9.84 Å². The first-order valence-corrected chi connectivity index (χ1v) is 8.45. The van der Waals surface area contributed by atoms with Crippen LogP contribution in [0, 0.1) is 0 Å². The minimum atomic E-state index is 0.117. The third-order valence-electron chi connectivity index (χ3n) is 4.97. The molecule has 2 rings (SSSR count). The van der Waals surface area contributed by atoms with Gasteiger partial charge in [-0.3, -0.25) is 4.68 Å². The number of rotatable bonds is 9. The molecule has 1 N–H and O–H groups in total. The molecular weight excluding hydrogens is 262 g/mol. The van der Waals surface area contributed by atoms with Crippen LogP contribution < -0.4 is 5.32 Å². The van der Waals surface area contributed by atoms with Crippen LogP contribution >= 0.6 is 0 Å². The maximum Gasteiger partial charge on any atom is 0.0693 e. The Bertz CT molecular complexity index is 420. The third kappa shape index (κ3) is 4.07. The van der Waals surface area contributed by atoms with Crippen molar-refractivity contribution >= 4 is 0 Å². The average molecular weight is 293 g/mol. The first kappa shape index (κ1) is 16.5. The molecule has 4 nitrogen and oxygen atoms in total. The summed E-state index contributed by atoms with van der Waals surface area (Å²) in [6.07, 6.45) is 9.01. The standard InChI is InChI=1S/C17H31N3O/c1-5-14(3)20-11-8-15(19-20)12-16(18-6-2)13-17(21-4)9-7-10-17/h8,11,14,16,18H,5-7,9-10,12-13H2,1-4H3. The zero-order valence-electron chi connectivity index (χ0n) is 14.1. The summed E-state index contributed by atoms with van der Waals surface area (Å²) in [7, 11) is 1.86. The van der Waals surface area contributed by atoms with Crippen molar-refractivity contribution in [3.05, 3.63) is 18.0 Å². The van der Waals surface area contributed by atoms with Crippen LogP contribution in [0.15, 0.2) is 12.3 Å². The number of nitrogens with one attached hydrogen (secondary N) is 1. The molecule has 0 amide bonds. The molecule has 2 unspecified atom stereocenters. The van der Waals surface area contributed by atoms with E-state index < -0.39 is 0 Å². The van der Waals surface area contributed by atoms with Gasteiger partial charge in [-0.2, -0.15) is 5.10 Å². The maximum absolute atomic E-state index is 5.78. The molecule has 2 atom stereocenters. The lowest BCUT2D eigenvalue weighted by atomic mass is 9.75. The lowest BCUT2D eigenvalue weighted by Crippen LogP contribution is -2.46. The predicted molar refractivity (Wildman–Crippen MR) is 86.6 cm³/mol. The Labute approximate surface area is 129 Å². The minimum Gasteiger partial charge on any atom is -0.378 e. The van der Waals surface area contributed by atoms with Crippen LogP contribution in [0.2, 0.25) is 0 Å². The van der Waals surface area contributed by atoms with Gasteiger partial charge in [0.2, 0.25) is 0 Å². The van der Waals surface area contributed by atoms with Gasteiger partial charge in [-0.15, -0.1) is 0 Å². The van der Waals surface area contributed by atoms with Crippen molar-refractivity contribution in [3.8, 4) is 0 Å². The highest BCUT2D eigenvalue weighted by Crippen LogP contribution is 2.39. The van der Waals surface area contributed by atoms with Crippen molar-refractivity contribution < 1.29 is 4.74 Å². The summed E-state index contributed by atoms with van der Waals surface area (Å²) in [5, 5.41) is 8.35. The zero-order chi connectivity index (χ0) is 15.3. The van der Waals surface area contributed by atoms with E-state index in [2.05, 4.69) is 43.0 Å². The summed E-state index contributed by atoms with van der Waals surface area (Å²) in [6, 6.07) is 3.10. The molecule has 21 heavy (non-hydrogen) atoms. The van der Waals surface area contributed by atoms with Gasteiger partial charge >= 0.3 is 0 Å². The first-order chi connectivity index (χ1) is 10.1. The monoisotopic (exact) mass is 293 g/mol. The SMILES string of the molecule is CCNC(Cc1ccn(C(C)CC)n1)CC1(OC)CCC1. The van der Waals surface area contributed by atoms with E-state index in [9.17, 15) is 0 Å². The molecule has 1 saturated carbocycles. The normalized spacial score (nSPS) is 20.0. The fourth-order valence-electron chi connectivity index (χ4n) is 3.19. The molecule has 1 heterocycles. The summed E-state index contributed by atoms with van der Waals surface area (Å²) in [5.74, 6) is 0. The highest BCUT2D eigenvalue weighted by molar-refractivity contribution is 5.04. The highest BCUT2D eigenvalue weighted by atomic mass is 16.5. The fraction of sp³-hybridized carbons (Fsp3) is 0.824. The Morgan fingerprint density at radius 2 is 2.19 bits per heavy atom. The third-order valence-corrected chi connectivity index (χ3v) is 4.97. The van der Waals surface area contributed by atoms with Crippen molar-refractivity contribution in [2.24, 2.45) is 0 Å². The van der Waals surface area contributed by atoms with Gasteiger partial charge in [0.15, 0.2) is 0 Å². The molecule has 0 radical (unpaired) electrons. The average Bonchev–Trinajstić information content (AvgIpc) is 2.90. The van der Waals surface area contributed by atoms with E-state index in [1.165, 1.54) is 25.0 Å². The van der Waals surface area contributed by atoms with E-state index in [-0.39, 0.29) is 5.60 Å². The molecule has 1 fully saturated rings. The Morgan fingerprint density at radius 3 is 2.71 bits per heavy atom. The number of hydrogen-bond acceptors (Lipinski definition) is 3. The summed E-state index contributed by atoms with van der Waals surface area (Å²) in [6.45, 7) is 7.58. The first-order valence-electron chi connectivity index (χ1n) is 8.45. The molecule has 1 aromatic heterocycles. The summed E-state index contributed by atoms with van der Waals surface area (Å²) in [4.78, 5) is 0. The van der Waals surface area contributed by atoms with Gasteiger partial charge in [0.1, 0.15) is 0 Å². The summed E-state index contributed by atoms with van der Waals surface area (Å²) in [5.41, 5.74) is 1.30. The number of ether oxygens (including phenoxy) is 1. The van der Waals surface area contributed by atoms with Crippen molar-refractivity contribution in [2.75, 3.05) is 13.7 Å². The second-order valence-electron chi connectivity index (χ2n) is 6.45. The maximum atomic E-state index is 5.78. The largest absolute Gasteiger partial charge is 0.378 e. The Hall–Kier alpha value is -0.870. The molecule has 1 aromatic rings. The summed E-state index contributed by atoms with van der Waals surface area (Å²) >= 11 is 0. The fourth-order valence-corrected chi connectivity index (χ4v) is 3.19. The topological polar surface area (TPSA) is 39.1 Å². The van der Waals surface area contributed by atoms with Crippen LogP contribution in [0.4, 0.5) is 0 Å².